The van der Waals surface area contributed by atoms with Crippen LogP contribution in [-0.2, 0) is 4.79 Å². The first-order valence-corrected chi connectivity index (χ1v) is 7.96. The molecule has 3 atom stereocenters. The van der Waals surface area contributed by atoms with Crippen molar-refractivity contribution in [3.8, 4) is 0 Å². The SMILES string of the molecule is CCC(C)C1NC(C2CCCC2)N(CCC(F)(F)F)C1=O. The van der Waals surface area contributed by atoms with E-state index in [1.807, 2.05) is 13.8 Å². The van der Waals surface area contributed by atoms with Gasteiger partial charge < -0.3 is 4.90 Å². The minimum absolute atomic E-state index is 0.148. The lowest BCUT2D eigenvalue weighted by Gasteiger charge is -2.29. The molecule has 3 nitrogen and oxygen atoms in total. The van der Waals surface area contributed by atoms with Crippen molar-refractivity contribution in [1.82, 2.24) is 10.2 Å². The molecule has 21 heavy (non-hydrogen) atoms. The summed E-state index contributed by atoms with van der Waals surface area (Å²) >= 11 is 0. The van der Waals surface area contributed by atoms with Crippen LogP contribution in [0.4, 0.5) is 13.2 Å². The number of nitrogens with zero attached hydrogens (tertiary/aromatic N) is 1. The van der Waals surface area contributed by atoms with Crippen molar-refractivity contribution in [3.05, 3.63) is 0 Å². The quantitative estimate of drug-likeness (QED) is 0.845. The minimum atomic E-state index is -4.21. The minimum Gasteiger partial charge on any atom is -0.325 e. The molecule has 0 aromatic rings. The van der Waals surface area contributed by atoms with Crippen molar-refractivity contribution >= 4 is 5.91 Å². The van der Waals surface area contributed by atoms with Gasteiger partial charge in [0.15, 0.2) is 0 Å². The fourth-order valence-corrected chi connectivity index (χ4v) is 3.46. The highest BCUT2D eigenvalue weighted by Crippen LogP contribution is 2.34. The average Bonchev–Trinajstić information content (AvgIpc) is 3.02. The molecular formula is C15H25F3N2O. The smallest absolute Gasteiger partial charge is 0.325 e. The topological polar surface area (TPSA) is 32.3 Å². The third-order valence-corrected chi connectivity index (χ3v) is 4.93. The molecule has 0 aromatic carbocycles. The molecule has 0 bridgehead atoms. The fraction of sp³-hybridized carbons (Fsp3) is 0.933. The maximum Gasteiger partial charge on any atom is 0.390 e. The van der Waals surface area contributed by atoms with Gasteiger partial charge in [0, 0.05) is 6.54 Å². The van der Waals surface area contributed by atoms with Crippen molar-refractivity contribution in [2.45, 2.75) is 70.8 Å². The molecule has 2 fully saturated rings. The summed E-state index contributed by atoms with van der Waals surface area (Å²) in [6.07, 6.45) is -0.279. The summed E-state index contributed by atoms with van der Waals surface area (Å²) in [5.41, 5.74) is 0. The van der Waals surface area contributed by atoms with Gasteiger partial charge in [-0.05, 0) is 24.7 Å². The summed E-state index contributed by atoms with van der Waals surface area (Å²) in [6, 6.07) is -0.325. The first-order valence-electron chi connectivity index (χ1n) is 7.96. The zero-order chi connectivity index (χ0) is 15.6. The fourth-order valence-electron chi connectivity index (χ4n) is 3.46. The molecule has 1 heterocycles. The Morgan fingerprint density at radius 2 is 1.95 bits per heavy atom. The summed E-state index contributed by atoms with van der Waals surface area (Å²) < 4.78 is 37.5. The number of rotatable bonds is 5. The molecule has 122 valence electrons. The van der Waals surface area contributed by atoms with Crippen molar-refractivity contribution in [3.63, 3.8) is 0 Å². The van der Waals surface area contributed by atoms with E-state index in [1.54, 1.807) is 0 Å². The van der Waals surface area contributed by atoms with E-state index in [-0.39, 0.29) is 30.6 Å². The molecule has 0 aromatic heterocycles. The van der Waals surface area contributed by atoms with E-state index in [9.17, 15) is 18.0 Å². The van der Waals surface area contributed by atoms with Crippen molar-refractivity contribution < 1.29 is 18.0 Å². The lowest BCUT2D eigenvalue weighted by Crippen LogP contribution is -2.44. The Hall–Kier alpha value is -0.780. The highest BCUT2D eigenvalue weighted by Gasteiger charge is 2.45. The number of amides is 1. The summed E-state index contributed by atoms with van der Waals surface area (Å²) in [7, 11) is 0. The Morgan fingerprint density at radius 3 is 2.48 bits per heavy atom. The Labute approximate surface area is 124 Å². The number of hydrogen-bond acceptors (Lipinski definition) is 2. The Morgan fingerprint density at radius 1 is 1.33 bits per heavy atom. The second-order valence-electron chi connectivity index (χ2n) is 6.42. The van der Waals surface area contributed by atoms with Crippen molar-refractivity contribution in [2.75, 3.05) is 6.54 Å². The second kappa shape index (κ2) is 6.55. The molecule has 0 radical (unpaired) electrons. The third-order valence-electron chi connectivity index (χ3n) is 4.93. The molecule has 3 unspecified atom stereocenters. The van der Waals surface area contributed by atoms with Crippen molar-refractivity contribution in [1.29, 1.82) is 0 Å². The van der Waals surface area contributed by atoms with E-state index in [0.717, 1.165) is 32.1 Å². The third kappa shape index (κ3) is 3.90. The van der Waals surface area contributed by atoms with Gasteiger partial charge in [-0.1, -0.05) is 33.1 Å². The second-order valence-corrected chi connectivity index (χ2v) is 6.42. The Bertz CT molecular complexity index is 366. The number of carbonyl (C=O) groups excluding carboxylic acids is 1. The summed E-state index contributed by atoms with van der Waals surface area (Å²) in [5, 5.41) is 3.33. The first kappa shape index (κ1) is 16.6. The molecule has 6 heteroatoms. The van der Waals surface area contributed by atoms with E-state index in [1.165, 1.54) is 4.90 Å². The van der Waals surface area contributed by atoms with E-state index in [0.29, 0.717) is 5.92 Å². The predicted molar refractivity (Wildman–Crippen MR) is 74.5 cm³/mol. The highest BCUT2D eigenvalue weighted by molar-refractivity contribution is 5.84. The monoisotopic (exact) mass is 306 g/mol. The number of hydrogen-bond donors (Lipinski definition) is 1. The van der Waals surface area contributed by atoms with Gasteiger partial charge in [0.25, 0.3) is 0 Å². The first-order chi connectivity index (χ1) is 9.83. The number of alkyl halides is 3. The molecule has 2 aliphatic rings. The lowest BCUT2D eigenvalue weighted by atomic mass is 9.99. The van der Waals surface area contributed by atoms with Crippen molar-refractivity contribution in [2.24, 2.45) is 11.8 Å². The van der Waals surface area contributed by atoms with Crippen LogP contribution in [0.1, 0.15) is 52.4 Å². The van der Waals surface area contributed by atoms with Gasteiger partial charge in [0.2, 0.25) is 5.91 Å². The van der Waals surface area contributed by atoms with Crippen LogP contribution < -0.4 is 5.32 Å². The molecule has 1 saturated carbocycles. The van der Waals surface area contributed by atoms with Crippen LogP contribution in [0.15, 0.2) is 0 Å². The number of nitrogens with one attached hydrogen (secondary N) is 1. The zero-order valence-corrected chi connectivity index (χ0v) is 12.7. The van der Waals surface area contributed by atoms with Gasteiger partial charge in [-0.15, -0.1) is 0 Å². The van der Waals surface area contributed by atoms with E-state index in [2.05, 4.69) is 5.32 Å². The number of halogens is 3. The van der Waals surface area contributed by atoms with Crippen LogP contribution in [0.5, 0.6) is 0 Å². The van der Waals surface area contributed by atoms with Gasteiger partial charge in [0.1, 0.15) is 0 Å². The molecule has 1 N–H and O–H groups in total. The van der Waals surface area contributed by atoms with E-state index >= 15 is 0 Å². The highest BCUT2D eigenvalue weighted by atomic mass is 19.4. The van der Waals surface area contributed by atoms with E-state index in [4.69, 9.17) is 0 Å². The van der Waals surface area contributed by atoms with Crippen LogP contribution in [0.3, 0.4) is 0 Å². The zero-order valence-electron chi connectivity index (χ0n) is 12.7. The van der Waals surface area contributed by atoms with Crippen LogP contribution in [0.2, 0.25) is 0 Å². The van der Waals surface area contributed by atoms with Gasteiger partial charge in [-0.25, -0.2) is 0 Å². The molecule has 1 aliphatic carbocycles. The van der Waals surface area contributed by atoms with Gasteiger partial charge >= 0.3 is 6.18 Å². The molecule has 0 spiro atoms. The van der Waals surface area contributed by atoms with Gasteiger partial charge in [-0.3, -0.25) is 10.1 Å². The Balaban J connectivity index is 2.09. The summed E-state index contributed by atoms with van der Waals surface area (Å²) in [4.78, 5) is 13.9. The molecule has 1 amide bonds. The van der Waals surface area contributed by atoms with Crippen LogP contribution >= 0.6 is 0 Å². The number of carbonyl (C=O) groups is 1. The maximum absolute atomic E-state index is 12.5. The molecule has 1 saturated heterocycles. The summed E-state index contributed by atoms with van der Waals surface area (Å²) in [5.74, 6) is 0.305. The van der Waals surface area contributed by atoms with Crippen LogP contribution in [-0.4, -0.2) is 35.7 Å². The summed E-state index contributed by atoms with van der Waals surface area (Å²) in [6.45, 7) is 3.76. The van der Waals surface area contributed by atoms with Gasteiger partial charge in [-0.2, -0.15) is 13.2 Å². The average molecular weight is 306 g/mol. The maximum atomic E-state index is 12.5. The predicted octanol–water partition coefficient (Wildman–Crippen LogP) is 3.30. The molecular weight excluding hydrogens is 281 g/mol. The van der Waals surface area contributed by atoms with E-state index < -0.39 is 12.6 Å². The van der Waals surface area contributed by atoms with Crippen LogP contribution in [0, 0.1) is 11.8 Å². The normalized spacial score (nSPS) is 29.4. The lowest BCUT2D eigenvalue weighted by molar-refractivity contribution is -0.146. The Kier molecular flexibility index (Phi) is 5.17. The molecule has 1 aliphatic heterocycles. The van der Waals surface area contributed by atoms with Crippen LogP contribution in [0.25, 0.3) is 0 Å². The molecule has 2 rings (SSSR count). The van der Waals surface area contributed by atoms with Gasteiger partial charge in [0.05, 0.1) is 18.6 Å². The largest absolute Gasteiger partial charge is 0.390 e. The standard InChI is InChI=1S/C15H25F3N2O/c1-3-10(2)12-14(21)20(9-8-15(16,17)18)13(19-12)11-6-4-5-7-11/h10-13,19H,3-9H2,1-2H3.